The molecule has 1 aromatic carbocycles. The van der Waals surface area contributed by atoms with Gasteiger partial charge in [0, 0.05) is 30.1 Å². The molecule has 7 nitrogen and oxygen atoms in total. The number of pyridine rings is 1. The number of thioether (sulfide) groups is 1. The number of rotatable bonds is 10. The molecule has 1 aliphatic carbocycles. The van der Waals surface area contributed by atoms with E-state index in [1.54, 1.807) is 0 Å². The highest BCUT2D eigenvalue weighted by Gasteiger charge is 2.37. The molecule has 14 heteroatoms. The topological polar surface area (TPSA) is 63.0 Å². The summed E-state index contributed by atoms with van der Waals surface area (Å²) in [7, 11) is 1.53. The van der Waals surface area contributed by atoms with Crippen LogP contribution in [0, 0.1) is 12.8 Å². The highest BCUT2D eigenvalue weighted by atomic mass is 32.2. The van der Waals surface area contributed by atoms with Crippen molar-refractivity contribution in [2.45, 2.75) is 69.9 Å². The SMILES string of the molecule is CCN(CC1CCCC1)c1nc(C)c(SC)cc1CN(Cc1cc(C(F)(F)F)cc(C(F)(F)F)c1)c1nnn(C)n1. The molecule has 0 aliphatic heterocycles. The lowest BCUT2D eigenvalue weighted by Crippen LogP contribution is -2.32. The Balaban J connectivity index is 1.77. The first-order valence-electron chi connectivity index (χ1n) is 13.3. The normalized spacial score (nSPS) is 14.6. The van der Waals surface area contributed by atoms with E-state index in [0.29, 0.717) is 12.5 Å². The van der Waals surface area contributed by atoms with Crippen LogP contribution in [0.1, 0.15) is 60.6 Å². The second-order valence-corrected chi connectivity index (χ2v) is 11.1. The first kappa shape index (κ1) is 30.9. The van der Waals surface area contributed by atoms with Crippen LogP contribution in [0.15, 0.2) is 29.2 Å². The van der Waals surface area contributed by atoms with Crippen LogP contribution in [0.3, 0.4) is 0 Å². The van der Waals surface area contributed by atoms with Crippen molar-refractivity contribution in [3.63, 3.8) is 0 Å². The molecule has 2 aromatic heterocycles. The van der Waals surface area contributed by atoms with Crippen LogP contribution in [0.25, 0.3) is 0 Å². The third kappa shape index (κ3) is 7.63. The van der Waals surface area contributed by atoms with E-state index in [-0.39, 0.29) is 30.7 Å². The fourth-order valence-electron chi connectivity index (χ4n) is 5.21. The largest absolute Gasteiger partial charge is 0.416 e. The number of nitrogens with zero attached hydrogens (tertiary/aromatic N) is 7. The van der Waals surface area contributed by atoms with Crippen LogP contribution in [0.2, 0.25) is 0 Å². The molecule has 3 aromatic rings. The van der Waals surface area contributed by atoms with Crippen molar-refractivity contribution in [1.82, 2.24) is 25.2 Å². The summed E-state index contributed by atoms with van der Waals surface area (Å²) in [5.74, 6) is 1.35. The summed E-state index contributed by atoms with van der Waals surface area (Å²) in [6, 6.07) is 3.58. The van der Waals surface area contributed by atoms with Gasteiger partial charge in [0.05, 0.1) is 30.4 Å². The van der Waals surface area contributed by atoms with E-state index in [0.717, 1.165) is 53.5 Å². The van der Waals surface area contributed by atoms with Gasteiger partial charge in [0.25, 0.3) is 5.95 Å². The monoisotopic (exact) mass is 601 g/mol. The molecule has 0 amide bonds. The summed E-state index contributed by atoms with van der Waals surface area (Å²) in [4.78, 5) is 10.8. The Morgan fingerprint density at radius 1 is 0.951 bits per heavy atom. The number of aryl methyl sites for hydroxylation is 2. The first-order valence-corrected chi connectivity index (χ1v) is 14.6. The molecule has 224 valence electrons. The summed E-state index contributed by atoms with van der Waals surface area (Å²) in [6.07, 6.45) is -3.32. The molecule has 0 radical (unpaired) electrons. The molecule has 0 N–H and O–H groups in total. The fourth-order valence-corrected chi connectivity index (χ4v) is 5.82. The second-order valence-electron chi connectivity index (χ2n) is 10.3. The van der Waals surface area contributed by atoms with E-state index in [1.165, 1.54) is 41.3 Å². The Bertz CT molecular complexity index is 1300. The number of benzene rings is 1. The number of halogens is 6. The van der Waals surface area contributed by atoms with Crippen LogP contribution in [0.5, 0.6) is 0 Å². The van der Waals surface area contributed by atoms with Gasteiger partial charge in [-0.1, -0.05) is 17.9 Å². The molecule has 1 saturated carbocycles. The third-order valence-corrected chi connectivity index (χ3v) is 8.09. The van der Waals surface area contributed by atoms with Crippen LogP contribution in [-0.4, -0.2) is 44.5 Å². The van der Waals surface area contributed by atoms with Gasteiger partial charge >= 0.3 is 12.4 Å². The Hall–Kier alpha value is -3.03. The van der Waals surface area contributed by atoms with E-state index >= 15 is 0 Å². The Labute approximate surface area is 239 Å². The van der Waals surface area contributed by atoms with Crippen molar-refractivity contribution >= 4 is 23.5 Å². The molecule has 2 heterocycles. The van der Waals surface area contributed by atoms with Gasteiger partial charge in [-0.05, 0) is 73.9 Å². The standard InChI is InChI=1S/C27H33F6N7S/c1-5-39(14-18-8-6-7-9-18)24-20(12-23(41-4)17(2)34-24)16-40(25-35-37-38(3)36-25)15-19-10-21(26(28,29)30)13-22(11-19)27(31,32)33/h10-13,18H,5-9,14-16H2,1-4H3. The van der Waals surface area contributed by atoms with Crippen molar-refractivity contribution in [3.05, 3.63) is 52.2 Å². The number of alkyl halides is 6. The van der Waals surface area contributed by atoms with Crippen molar-refractivity contribution in [1.29, 1.82) is 0 Å². The van der Waals surface area contributed by atoms with Crippen LogP contribution in [-0.2, 0) is 32.5 Å². The first-order chi connectivity index (χ1) is 19.3. The number of aromatic nitrogens is 5. The van der Waals surface area contributed by atoms with E-state index < -0.39 is 23.5 Å². The minimum Gasteiger partial charge on any atom is -0.356 e. The van der Waals surface area contributed by atoms with E-state index in [9.17, 15) is 26.3 Å². The van der Waals surface area contributed by atoms with Gasteiger partial charge in [-0.15, -0.1) is 16.9 Å². The lowest BCUT2D eigenvalue weighted by Gasteiger charge is -2.30. The zero-order valence-corrected chi connectivity index (χ0v) is 24.2. The van der Waals surface area contributed by atoms with Crippen molar-refractivity contribution in [2.24, 2.45) is 13.0 Å². The van der Waals surface area contributed by atoms with Gasteiger partial charge in [-0.3, -0.25) is 0 Å². The highest BCUT2D eigenvalue weighted by molar-refractivity contribution is 7.98. The molecule has 1 fully saturated rings. The molecule has 0 spiro atoms. The number of anilines is 2. The minimum absolute atomic E-state index is 0.0783. The quantitative estimate of drug-likeness (QED) is 0.185. The average molecular weight is 602 g/mol. The molecule has 4 rings (SSSR count). The summed E-state index contributed by atoms with van der Waals surface area (Å²) in [5, 5.41) is 12.1. The van der Waals surface area contributed by atoms with Crippen molar-refractivity contribution in [3.8, 4) is 0 Å². The lowest BCUT2D eigenvalue weighted by molar-refractivity contribution is -0.143. The van der Waals surface area contributed by atoms with Gasteiger partial charge < -0.3 is 9.80 Å². The maximum atomic E-state index is 13.6. The van der Waals surface area contributed by atoms with Gasteiger partial charge in [0.15, 0.2) is 0 Å². The zero-order valence-electron chi connectivity index (χ0n) is 23.4. The van der Waals surface area contributed by atoms with Crippen molar-refractivity contribution in [2.75, 3.05) is 29.1 Å². The highest BCUT2D eigenvalue weighted by Crippen LogP contribution is 2.37. The number of hydrogen-bond acceptors (Lipinski definition) is 7. The van der Waals surface area contributed by atoms with Gasteiger partial charge in [-0.2, -0.15) is 31.1 Å². The maximum Gasteiger partial charge on any atom is 0.416 e. The smallest absolute Gasteiger partial charge is 0.356 e. The predicted octanol–water partition coefficient (Wildman–Crippen LogP) is 6.90. The van der Waals surface area contributed by atoms with Gasteiger partial charge in [0.1, 0.15) is 5.82 Å². The molecule has 0 unspecified atom stereocenters. The Morgan fingerprint density at radius 2 is 1.59 bits per heavy atom. The summed E-state index contributed by atoms with van der Waals surface area (Å²) in [5.41, 5.74) is -1.30. The van der Waals surface area contributed by atoms with Gasteiger partial charge in [-0.25, -0.2) is 4.98 Å². The maximum absolute atomic E-state index is 13.6. The molecular formula is C27H33F6N7S. The van der Waals surface area contributed by atoms with Crippen molar-refractivity contribution < 1.29 is 26.3 Å². The molecular weight excluding hydrogens is 568 g/mol. The predicted molar refractivity (Wildman–Crippen MR) is 146 cm³/mol. The minimum atomic E-state index is -4.95. The third-order valence-electron chi connectivity index (χ3n) is 7.24. The Kier molecular flexibility index (Phi) is 9.39. The van der Waals surface area contributed by atoms with Crippen LogP contribution < -0.4 is 9.80 Å². The molecule has 1 aliphatic rings. The molecule has 0 saturated heterocycles. The average Bonchev–Trinajstić information content (AvgIpc) is 3.58. The number of tetrazole rings is 1. The van der Waals surface area contributed by atoms with Crippen LogP contribution >= 0.6 is 11.8 Å². The lowest BCUT2D eigenvalue weighted by atomic mass is 10.0. The summed E-state index contributed by atoms with van der Waals surface area (Å²) >= 11 is 1.51. The second kappa shape index (κ2) is 12.5. The fraction of sp³-hybridized carbons (Fsp3) is 0.556. The molecule has 41 heavy (non-hydrogen) atoms. The number of hydrogen-bond donors (Lipinski definition) is 0. The zero-order chi connectivity index (χ0) is 29.9. The van der Waals surface area contributed by atoms with E-state index in [1.807, 2.05) is 26.2 Å². The molecule has 0 atom stereocenters. The molecule has 0 bridgehead atoms. The van der Waals surface area contributed by atoms with Gasteiger partial charge in [0.2, 0.25) is 0 Å². The summed E-state index contributed by atoms with van der Waals surface area (Å²) in [6.45, 7) is 5.27. The van der Waals surface area contributed by atoms with Crippen LogP contribution in [0.4, 0.5) is 38.1 Å². The van der Waals surface area contributed by atoms with E-state index in [4.69, 9.17) is 4.98 Å². The van der Waals surface area contributed by atoms with E-state index in [2.05, 4.69) is 20.3 Å². The Morgan fingerprint density at radius 3 is 2.10 bits per heavy atom. The summed E-state index contributed by atoms with van der Waals surface area (Å²) < 4.78 is 81.5.